The Morgan fingerprint density at radius 1 is 1.10 bits per heavy atom. The normalized spacial score (nSPS) is 15.1. The van der Waals surface area contributed by atoms with Crippen LogP contribution in [0.2, 0.25) is 0 Å². The SMILES string of the molecule is Cc1cc(C)cc(C2=NN(C(=O)CCCOc3ccc(C(N)=O)cc3)C(C)(C)C2)c1. The number of primary amides is 1. The Balaban J connectivity index is 1.57. The van der Waals surface area contributed by atoms with Crippen LogP contribution in [0.4, 0.5) is 0 Å². The molecule has 0 saturated carbocycles. The van der Waals surface area contributed by atoms with Gasteiger partial charge in [-0.2, -0.15) is 5.10 Å². The van der Waals surface area contributed by atoms with Crippen molar-refractivity contribution in [2.24, 2.45) is 10.8 Å². The minimum absolute atomic E-state index is 0.00736. The van der Waals surface area contributed by atoms with E-state index >= 15 is 0 Å². The Bertz CT molecular complexity index is 957. The molecule has 158 valence electrons. The van der Waals surface area contributed by atoms with Crippen LogP contribution in [0.5, 0.6) is 5.75 Å². The van der Waals surface area contributed by atoms with Gasteiger partial charge in [0.05, 0.1) is 17.9 Å². The van der Waals surface area contributed by atoms with Crippen molar-refractivity contribution in [2.75, 3.05) is 6.61 Å². The maximum absolute atomic E-state index is 12.8. The molecule has 0 aliphatic carbocycles. The zero-order valence-corrected chi connectivity index (χ0v) is 18.1. The van der Waals surface area contributed by atoms with Crippen molar-refractivity contribution in [1.29, 1.82) is 0 Å². The summed E-state index contributed by atoms with van der Waals surface area (Å²) in [6, 6.07) is 13.0. The lowest BCUT2D eigenvalue weighted by Gasteiger charge is -2.28. The van der Waals surface area contributed by atoms with E-state index in [2.05, 4.69) is 37.1 Å². The fourth-order valence-corrected chi connectivity index (χ4v) is 3.71. The van der Waals surface area contributed by atoms with E-state index in [0.29, 0.717) is 30.8 Å². The van der Waals surface area contributed by atoms with Crippen molar-refractivity contribution in [3.8, 4) is 5.75 Å². The lowest BCUT2D eigenvalue weighted by Crippen LogP contribution is -2.40. The molecule has 6 heteroatoms. The van der Waals surface area contributed by atoms with Gasteiger partial charge < -0.3 is 10.5 Å². The van der Waals surface area contributed by atoms with E-state index in [0.717, 1.165) is 17.7 Å². The zero-order chi connectivity index (χ0) is 21.9. The van der Waals surface area contributed by atoms with Gasteiger partial charge in [-0.3, -0.25) is 9.59 Å². The van der Waals surface area contributed by atoms with Gasteiger partial charge in [0.15, 0.2) is 0 Å². The average molecular weight is 408 g/mol. The highest BCUT2D eigenvalue weighted by Crippen LogP contribution is 2.30. The van der Waals surface area contributed by atoms with Crippen LogP contribution in [0.1, 0.15) is 60.2 Å². The molecule has 2 N–H and O–H groups in total. The van der Waals surface area contributed by atoms with Crippen LogP contribution in [0.25, 0.3) is 0 Å². The van der Waals surface area contributed by atoms with Gasteiger partial charge in [-0.05, 0) is 63.9 Å². The second kappa shape index (κ2) is 8.69. The number of carbonyl (C=O) groups excluding carboxylic acids is 2. The number of hydrogen-bond acceptors (Lipinski definition) is 4. The molecule has 30 heavy (non-hydrogen) atoms. The molecular formula is C24H29N3O3. The first-order valence-corrected chi connectivity index (χ1v) is 10.2. The van der Waals surface area contributed by atoms with E-state index in [-0.39, 0.29) is 11.4 Å². The van der Waals surface area contributed by atoms with Crippen molar-refractivity contribution in [3.63, 3.8) is 0 Å². The molecule has 0 saturated heterocycles. The number of ether oxygens (including phenoxy) is 1. The van der Waals surface area contributed by atoms with E-state index in [1.54, 1.807) is 29.3 Å². The van der Waals surface area contributed by atoms with Crippen molar-refractivity contribution in [1.82, 2.24) is 5.01 Å². The van der Waals surface area contributed by atoms with E-state index in [1.807, 2.05) is 13.8 Å². The van der Waals surface area contributed by atoms with E-state index in [9.17, 15) is 9.59 Å². The molecule has 1 aliphatic rings. The summed E-state index contributed by atoms with van der Waals surface area (Å²) in [6.07, 6.45) is 1.66. The minimum atomic E-state index is -0.471. The van der Waals surface area contributed by atoms with Gasteiger partial charge in [-0.1, -0.05) is 29.3 Å². The lowest BCUT2D eigenvalue weighted by atomic mass is 9.93. The number of carbonyl (C=O) groups is 2. The maximum atomic E-state index is 12.8. The number of benzene rings is 2. The highest BCUT2D eigenvalue weighted by molar-refractivity contribution is 6.03. The quantitative estimate of drug-likeness (QED) is 0.705. The third-order valence-electron chi connectivity index (χ3n) is 5.13. The molecule has 0 bridgehead atoms. The second-order valence-electron chi connectivity index (χ2n) is 8.46. The molecule has 0 aromatic heterocycles. The molecule has 1 heterocycles. The molecular weight excluding hydrogens is 378 g/mol. The molecule has 1 aliphatic heterocycles. The summed E-state index contributed by atoms with van der Waals surface area (Å²) in [6.45, 7) is 8.63. The lowest BCUT2D eigenvalue weighted by molar-refractivity contribution is -0.135. The standard InChI is InChI=1S/C24H29N3O3/c1-16-12-17(2)14-19(13-16)21-15-24(3,4)27(26-21)22(28)6-5-11-30-20-9-7-18(8-10-20)23(25)29/h7-10,12-14H,5-6,11,15H2,1-4H3,(H2,25,29). The number of amides is 2. The number of nitrogens with two attached hydrogens (primary N) is 1. The molecule has 2 aromatic rings. The van der Waals surface area contributed by atoms with Gasteiger partial charge in [-0.25, -0.2) is 5.01 Å². The van der Waals surface area contributed by atoms with Crippen LogP contribution in [-0.4, -0.2) is 34.7 Å². The number of rotatable bonds is 7. The molecule has 0 unspecified atom stereocenters. The topological polar surface area (TPSA) is 85.0 Å². The summed E-state index contributed by atoms with van der Waals surface area (Å²) in [4.78, 5) is 23.9. The van der Waals surface area contributed by atoms with Gasteiger partial charge in [0.25, 0.3) is 0 Å². The fourth-order valence-electron chi connectivity index (χ4n) is 3.71. The summed E-state index contributed by atoms with van der Waals surface area (Å²) in [5, 5.41) is 6.30. The Hall–Kier alpha value is -3.15. The summed E-state index contributed by atoms with van der Waals surface area (Å²) in [5.41, 5.74) is 9.73. The molecule has 0 radical (unpaired) electrons. The molecule has 0 fully saturated rings. The fraction of sp³-hybridized carbons (Fsp3) is 0.375. The van der Waals surface area contributed by atoms with Crippen molar-refractivity contribution < 1.29 is 14.3 Å². The van der Waals surface area contributed by atoms with Crippen molar-refractivity contribution >= 4 is 17.5 Å². The minimum Gasteiger partial charge on any atom is -0.494 e. The van der Waals surface area contributed by atoms with E-state index in [1.165, 1.54) is 11.1 Å². The Morgan fingerprint density at radius 2 is 1.73 bits per heavy atom. The van der Waals surface area contributed by atoms with Crippen LogP contribution >= 0.6 is 0 Å². The van der Waals surface area contributed by atoms with Crippen LogP contribution in [-0.2, 0) is 4.79 Å². The second-order valence-corrected chi connectivity index (χ2v) is 8.46. The largest absolute Gasteiger partial charge is 0.494 e. The van der Waals surface area contributed by atoms with Crippen molar-refractivity contribution in [3.05, 3.63) is 64.7 Å². The molecule has 0 spiro atoms. The first kappa shape index (κ1) is 21.6. The maximum Gasteiger partial charge on any atom is 0.248 e. The van der Waals surface area contributed by atoms with Gasteiger partial charge >= 0.3 is 0 Å². The van der Waals surface area contributed by atoms with Crippen LogP contribution < -0.4 is 10.5 Å². The highest BCUT2D eigenvalue weighted by atomic mass is 16.5. The first-order chi connectivity index (χ1) is 14.2. The molecule has 2 aromatic carbocycles. The monoisotopic (exact) mass is 407 g/mol. The van der Waals surface area contributed by atoms with Gasteiger partial charge in [0, 0.05) is 18.4 Å². The van der Waals surface area contributed by atoms with Gasteiger partial charge in [0.2, 0.25) is 11.8 Å². The molecule has 6 nitrogen and oxygen atoms in total. The van der Waals surface area contributed by atoms with Gasteiger partial charge in [-0.15, -0.1) is 0 Å². The first-order valence-electron chi connectivity index (χ1n) is 10.2. The molecule has 2 amide bonds. The summed E-state index contributed by atoms with van der Waals surface area (Å²) >= 11 is 0. The van der Waals surface area contributed by atoms with E-state index in [4.69, 9.17) is 10.5 Å². The summed E-state index contributed by atoms with van der Waals surface area (Å²) in [5.74, 6) is 0.164. The summed E-state index contributed by atoms with van der Waals surface area (Å²) in [7, 11) is 0. The number of aryl methyl sites for hydroxylation is 2. The Kier molecular flexibility index (Phi) is 6.25. The van der Waals surface area contributed by atoms with Crippen LogP contribution in [0.3, 0.4) is 0 Å². The van der Waals surface area contributed by atoms with E-state index < -0.39 is 5.91 Å². The number of hydrogen-bond donors (Lipinski definition) is 1. The molecule has 3 rings (SSSR count). The third-order valence-corrected chi connectivity index (χ3v) is 5.13. The van der Waals surface area contributed by atoms with Crippen LogP contribution in [0, 0.1) is 13.8 Å². The van der Waals surface area contributed by atoms with Gasteiger partial charge in [0.1, 0.15) is 5.75 Å². The number of nitrogens with zero attached hydrogens (tertiary/aromatic N) is 2. The molecule has 0 atom stereocenters. The zero-order valence-electron chi connectivity index (χ0n) is 18.1. The Labute approximate surface area is 177 Å². The highest BCUT2D eigenvalue weighted by Gasteiger charge is 2.38. The summed E-state index contributed by atoms with van der Waals surface area (Å²) < 4.78 is 5.66. The number of hydrazone groups is 1. The predicted octanol–water partition coefficient (Wildman–Crippen LogP) is 3.98. The van der Waals surface area contributed by atoms with Crippen molar-refractivity contribution in [2.45, 2.75) is 52.5 Å². The predicted molar refractivity (Wildman–Crippen MR) is 118 cm³/mol. The smallest absolute Gasteiger partial charge is 0.248 e. The van der Waals surface area contributed by atoms with Crippen LogP contribution in [0.15, 0.2) is 47.6 Å². The third kappa shape index (κ3) is 5.06. The Morgan fingerprint density at radius 3 is 2.33 bits per heavy atom. The average Bonchev–Trinajstić information content (AvgIpc) is 3.00.